The van der Waals surface area contributed by atoms with Gasteiger partial charge in [0.05, 0.1) is 11.4 Å². The summed E-state index contributed by atoms with van der Waals surface area (Å²) in [7, 11) is 0. The first kappa shape index (κ1) is 19.6. The number of aromatic nitrogens is 2. The highest BCUT2D eigenvalue weighted by atomic mass is 16.2. The second-order valence-electron chi connectivity index (χ2n) is 9.29. The van der Waals surface area contributed by atoms with Crippen LogP contribution in [0.5, 0.6) is 0 Å². The summed E-state index contributed by atoms with van der Waals surface area (Å²) in [5.74, 6) is 1.23. The maximum Gasteiger partial charge on any atom is 0.270 e. The van der Waals surface area contributed by atoms with E-state index in [9.17, 15) is 4.79 Å². The maximum absolute atomic E-state index is 13.1. The van der Waals surface area contributed by atoms with Crippen molar-refractivity contribution in [2.45, 2.75) is 66.2 Å². The van der Waals surface area contributed by atoms with Crippen molar-refractivity contribution in [3.05, 3.63) is 53.7 Å². The zero-order valence-electron chi connectivity index (χ0n) is 17.5. The number of allylic oxidation sites excluding steroid dienone is 2. The van der Waals surface area contributed by atoms with Crippen LogP contribution in [0.1, 0.15) is 82.3 Å². The average Bonchev–Trinajstić information content (AvgIpc) is 3.01. The number of carbonyl (C=O) groups is 1. The lowest BCUT2D eigenvalue weighted by Gasteiger charge is -2.30. The summed E-state index contributed by atoms with van der Waals surface area (Å²) in [6.07, 6.45) is 5.93. The maximum atomic E-state index is 13.1. The van der Waals surface area contributed by atoms with Crippen molar-refractivity contribution < 1.29 is 4.79 Å². The fraction of sp³-hybridized carbons (Fsp3) is 0.500. The molecule has 3 heteroatoms. The van der Waals surface area contributed by atoms with Crippen LogP contribution in [0.3, 0.4) is 0 Å². The predicted molar refractivity (Wildman–Crippen MR) is 112 cm³/mol. The van der Waals surface area contributed by atoms with Crippen molar-refractivity contribution in [3.8, 4) is 11.3 Å². The predicted octanol–water partition coefficient (Wildman–Crippen LogP) is 6.43. The number of hydrogen-bond acceptors (Lipinski definition) is 2. The molecule has 3 rings (SSSR count). The molecule has 0 spiro atoms. The number of benzene rings is 1. The minimum absolute atomic E-state index is 0.0319. The molecule has 0 saturated carbocycles. The van der Waals surface area contributed by atoms with Crippen molar-refractivity contribution >= 4 is 5.91 Å². The summed E-state index contributed by atoms with van der Waals surface area (Å²) in [6.45, 7) is 13.1. The van der Waals surface area contributed by atoms with Gasteiger partial charge in [0.2, 0.25) is 0 Å². The quantitative estimate of drug-likeness (QED) is 0.588. The SMILES string of the molecule is CC1CCC(C(C)C)c2c1c(-c1ccccc1)nn2C(=O)C=CC(C)(C)C. The van der Waals surface area contributed by atoms with Crippen LogP contribution in [0.4, 0.5) is 0 Å². The Morgan fingerprint density at radius 2 is 1.85 bits per heavy atom. The monoisotopic (exact) mass is 364 g/mol. The molecule has 1 aliphatic rings. The molecule has 1 heterocycles. The van der Waals surface area contributed by atoms with E-state index in [-0.39, 0.29) is 11.3 Å². The molecule has 1 aliphatic carbocycles. The minimum atomic E-state index is -0.0388. The third-order valence-corrected chi connectivity index (χ3v) is 5.50. The Balaban J connectivity index is 2.19. The van der Waals surface area contributed by atoms with E-state index in [2.05, 4.69) is 53.7 Å². The van der Waals surface area contributed by atoms with E-state index >= 15 is 0 Å². The fourth-order valence-corrected chi connectivity index (χ4v) is 4.01. The standard InChI is InChI=1S/C24H32N2O/c1-16(2)19-13-12-17(3)21-22(18-10-8-7-9-11-18)25-26(23(19)21)20(27)14-15-24(4,5)6/h7-11,14-17,19H,12-13H2,1-6H3. The van der Waals surface area contributed by atoms with E-state index in [0.29, 0.717) is 17.8 Å². The largest absolute Gasteiger partial charge is 0.270 e. The summed E-state index contributed by atoms with van der Waals surface area (Å²) in [5, 5.41) is 4.86. The molecular weight excluding hydrogens is 332 g/mol. The summed E-state index contributed by atoms with van der Waals surface area (Å²) >= 11 is 0. The van der Waals surface area contributed by atoms with E-state index in [1.165, 1.54) is 5.56 Å². The normalized spacial score (nSPS) is 20.3. The van der Waals surface area contributed by atoms with Gasteiger partial charge in [-0.25, -0.2) is 4.68 Å². The lowest BCUT2D eigenvalue weighted by molar-refractivity contribution is 0.0945. The molecule has 0 fully saturated rings. The molecule has 27 heavy (non-hydrogen) atoms. The van der Waals surface area contributed by atoms with Crippen LogP contribution in [0.25, 0.3) is 11.3 Å². The molecular formula is C24H32N2O. The third-order valence-electron chi connectivity index (χ3n) is 5.50. The van der Waals surface area contributed by atoms with E-state index in [0.717, 1.165) is 29.8 Å². The lowest BCUT2D eigenvalue weighted by atomic mass is 9.75. The molecule has 0 radical (unpaired) electrons. The Labute approximate surface area is 163 Å². The molecule has 3 nitrogen and oxygen atoms in total. The van der Waals surface area contributed by atoms with Crippen molar-refractivity contribution in [2.75, 3.05) is 0 Å². The molecule has 0 aliphatic heterocycles. The van der Waals surface area contributed by atoms with Gasteiger partial charge in [-0.2, -0.15) is 5.10 Å². The third kappa shape index (κ3) is 4.07. The van der Waals surface area contributed by atoms with Crippen LogP contribution in [0, 0.1) is 11.3 Å². The van der Waals surface area contributed by atoms with Gasteiger partial charge in [0.15, 0.2) is 0 Å². The Bertz CT molecular complexity index is 837. The van der Waals surface area contributed by atoms with Gasteiger partial charge in [0.25, 0.3) is 5.91 Å². The summed E-state index contributed by atoms with van der Waals surface area (Å²) in [4.78, 5) is 13.1. The smallest absolute Gasteiger partial charge is 0.267 e. The van der Waals surface area contributed by atoms with Crippen molar-refractivity contribution in [3.63, 3.8) is 0 Å². The molecule has 0 bridgehead atoms. The molecule has 2 atom stereocenters. The summed E-state index contributed by atoms with van der Waals surface area (Å²) in [5.41, 5.74) is 4.43. The topological polar surface area (TPSA) is 34.9 Å². The number of rotatable bonds is 3. The van der Waals surface area contributed by atoms with Crippen molar-refractivity contribution in [1.29, 1.82) is 0 Å². The zero-order valence-corrected chi connectivity index (χ0v) is 17.5. The highest BCUT2D eigenvalue weighted by Gasteiger charge is 2.35. The highest BCUT2D eigenvalue weighted by molar-refractivity contribution is 5.91. The lowest BCUT2D eigenvalue weighted by Crippen LogP contribution is -2.23. The number of carbonyl (C=O) groups excluding carboxylic acids is 1. The Morgan fingerprint density at radius 1 is 1.19 bits per heavy atom. The van der Waals surface area contributed by atoms with Gasteiger partial charge in [0, 0.05) is 23.1 Å². The van der Waals surface area contributed by atoms with Crippen LogP contribution in [0.15, 0.2) is 42.5 Å². The molecule has 2 unspecified atom stereocenters. The zero-order chi connectivity index (χ0) is 19.8. The summed E-state index contributed by atoms with van der Waals surface area (Å²) in [6, 6.07) is 10.3. The molecule has 2 aromatic rings. The van der Waals surface area contributed by atoms with E-state index in [1.54, 1.807) is 10.8 Å². The molecule has 0 amide bonds. The first-order valence-electron chi connectivity index (χ1n) is 10.1. The van der Waals surface area contributed by atoms with Crippen LogP contribution in [-0.2, 0) is 0 Å². The van der Waals surface area contributed by atoms with Crippen molar-refractivity contribution in [2.24, 2.45) is 11.3 Å². The number of nitrogens with zero attached hydrogens (tertiary/aromatic N) is 2. The van der Waals surface area contributed by atoms with Gasteiger partial charge in [0.1, 0.15) is 0 Å². The van der Waals surface area contributed by atoms with Crippen LogP contribution < -0.4 is 0 Å². The second-order valence-corrected chi connectivity index (χ2v) is 9.29. The molecule has 144 valence electrons. The van der Waals surface area contributed by atoms with Gasteiger partial charge >= 0.3 is 0 Å². The first-order valence-corrected chi connectivity index (χ1v) is 10.1. The second kappa shape index (κ2) is 7.46. The van der Waals surface area contributed by atoms with Crippen LogP contribution in [-0.4, -0.2) is 15.7 Å². The van der Waals surface area contributed by atoms with E-state index in [4.69, 9.17) is 5.10 Å². The van der Waals surface area contributed by atoms with Gasteiger partial charge in [-0.15, -0.1) is 0 Å². The summed E-state index contributed by atoms with van der Waals surface area (Å²) < 4.78 is 1.69. The molecule has 0 saturated heterocycles. The Morgan fingerprint density at radius 3 is 2.44 bits per heavy atom. The van der Waals surface area contributed by atoms with Gasteiger partial charge < -0.3 is 0 Å². The minimum Gasteiger partial charge on any atom is -0.267 e. The van der Waals surface area contributed by atoms with E-state index < -0.39 is 0 Å². The fourth-order valence-electron chi connectivity index (χ4n) is 4.01. The van der Waals surface area contributed by atoms with Crippen LogP contribution >= 0.6 is 0 Å². The Hall–Kier alpha value is -2.16. The average molecular weight is 365 g/mol. The van der Waals surface area contributed by atoms with Gasteiger partial charge in [-0.05, 0) is 30.1 Å². The molecule has 1 aromatic carbocycles. The molecule has 1 aromatic heterocycles. The van der Waals surface area contributed by atoms with Crippen LogP contribution in [0.2, 0.25) is 0 Å². The number of fused-ring (bicyclic) bond motifs is 1. The van der Waals surface area contributed by atoms with Crippen molar-refractivity contribution in [1.82, 2.24) is 9.78 Å². The van der Waals surface area contributed by atoms with Gasteiger partial charge in [-0.1, -0.05) is 78.0 Å². The highest BCUT2D eigenvalue weighted by Crippen LogP contribution is 2.46. The number of hydrogen-bond donors (Lipinski definition) is 0. The molecule has 0 N–H and O–H groups in total. The van der Waals surface area contributed by atoms with Gasteiger partial charge in [-0.3, -0.25) is 4.79 Å². The van der Waals surface area contributed by atoms with E-state index in [1.807, 2.05) is 24.3 Å². The Kier molecular flexibility index (Phi) is 5.41. The first-order chi connectivity index (χ1) is 12.7.